The van der Waals surface area contributed by atoms with Crippen molar-refractivity contribution in [2.75, 3.05) is 16.8 Å². The number of carbonyl (C=O) groups excluding carboxylic acids is 1. The number of para-hydroxylation sites is 1. The Morgan fingerprint density at radius 2 is 1.76 bits per heavy atom. The summed E-state index contributed by atoms with van der Waals surface area (Å²) in [6.45, 7) is 3.59. The topological polar surface area (TPSA) is 71.0 Å². The molecule has 4 rings (SSSR count). The fourth-order valence-corrected chi connectivity index (χ4v) is 3.15. The van der Waals surface area contributed by atoms with E-state index in [1.165, 1.54) is 11.8 Å². The van der Waals surface area contributed by atoms with Crippen molar-refractivity contribution in [2.24, 2.45) is 0 Å². The molecule has 6 heteroatoms. The Labute approximate surface area is 169 Å². The van der Waals surface area contributed by atoms with E-state index in [0.717, 1.165) is 29.8 Å². The second-order valence-electron chi connectivity index (χ2n) is 6.59. The van der Waals surface area contributed by atoms with Gasteiger partial charge in [-0.05, 0) is 24.6 Å². The van der Waals surface area contributed by atoms with E-state index >= 15 is 0 Å². The van der Waals surface area contributed by atoms with E-state index in [0.29, 0.717) is 5.69 Å². The lowest BCUT2D eigenvalue weighted by molar-refractivity contribution is 0.102. The van der Waals surface area contributed by atoms with Gasteiger partial charge < -0.3 is 10.2 Å². The molecular weight excluding hydrogens is 362 g/mol. The lowest BCUT2D eigenvalue weighted by Crippen LogP contribution is -2.24. The summed E-state index contributed by atoms with van der Waals surface area (Å²) in [4.78, 5) is 27.9. The average Bonchev–Trinajstić information content (AvgIpc) is 2.78. The SMILES string of the molecule is CCN(Cc1ccccc1)c1cnc(C(=O)Nc2cccc3cccnc23)cn1. The predicted molar refractivity (Wildman–Crippen MR) is 115 cm³/mol. The molecule has 0 radical (unpaired) electrons. The van der Waals surface area contributed by atoms with Gasteiger partial charge >= 0.3 is 0 Å². The van der Waals surface area contributed by atoms with Gasteiger partial charge in [0, 0.05) is 24.7 Å². The molecule has 0 spiro atoms. The highest BCUT2D eigenvalue weighted by atomic mass is 16.1. The Kier molecular flexibility index (Phi) is 5.42. The Balaban J connectivity index is 1.50. The number of rotatable bonds is 6. The zero-order chi connectivity index (χ0) is 20.1. The molecule has 29 heavy (non-hydrogen) atoms. The van der Waals surface area contributed by atoms with Gasteiger partial charge in [0.15, 0.2) is 0 Å². The molecule has 0 saturated heterocycles. The largest absolute Gasteiger partial charge is 0.351 e. The molecule has 0 atom stereocenters. The van der Waals surface area contributed by atoms with Crippen molar-refractivity contribution < 1.29 is 4.79 Å². The minimum absolute atomic E-state index is 0.262. The van der Waals surface area contributed by atoms with Crippen LogP contribution >= 0.6 is 0 Å². The van der Waals surface area contributed by atoms with Crippen LogP contribution in [-0.4, -0.2) is 27.4 Å². The number of carbonyl (C=O) groups is 1. The quantitative estimate of drug-likeness (QED) is 0.537. The van der Waals surface area contributed by atoms with E-state index in [2.05, 4.69) is 44.2 Å². The Hall–Kier alpha value is -3.80. The summed E-state index contributed by atoms with van der Waals surface area (Å²) in [5.74, 6) is 0.424. The van der Waals surface area contributed by atoms with Gasteiger partial charge in [-0.2, -0.15) is 0 Å². The van der Waals surface area contributed by atoms with Crippen molar-refractivity contribution in [3.63, 3.8) is 0 Å². The second-order valence-corrected chi connectivity index (χ2v) is 6.59. The van der Waals surface area contributed by atoms with Crippen molar-refractivity contribution in [3.8, 4) is 0 Å². The van der Waals surface area contributed by atoms with Crippen LogP contribution in [0.2, 0.25) is 0 Å². The van der Waals surface area contributed by atoms with Crippen LogP contribution in [0.25, 0.3) is 10.9 Å². The van der Waals surface area contributed by atoms with Crippen LogP contribution in [0.4, 0.5) is 11.5 Å². The molecule has 2 aromatic carbocycles. The number of hydrogen-bond acceptors (Lipinski definition) is 5. The minimum atomic E-state index is -0.312. The first-order valence-electron chi connectivity index (χ1n) is 9.50. The van der Waals surface area contributed by atoms with E-state index in [9.17, 15) is 4.79 Å². The second kappa shape index (κ2) is 8.48. The van der Waals surface area contributed by atoms with Crippen molar-refractivity contribution in [3.05, 3.63) is 90.5 Å². The van der Waals surface area contributed by atoms with Gasteiger partial charge in [0.25, 0.3) is 5.91 Å². The molecular formula is C23H21N5O. The maximum atomic E-state index is 12.6. The van der Waals surface area contributed by atoms with Gasteiger partial charge in [0.2, 0.25) is 0 Å². The zero-order valence-corrected chi connectivity index (χ0v) is 16.1. The van der Waals surface area contributed by atoms with Crippen LogP contribution < -0.4 is 10.2 Å². The van der Waals surface area contributed by atoms with Gasteiger partial charge in [0.05, 0.1) is 23.6 Å². The van der Waals surface area contributed by atoms with Crippen molar-refractivity contribution in [1.29, 1.82) is 0 Å². The minimum Gasteiger partial charge on any atom is -0.351 e. The fraction of sp³-hybridized carbons (Fsp3) is 0.130. The first kappa shape index (κ1) is 18.6. The van der Waals surface area contributed by atoms with Gasteiger partial charge in [-0.25, -0.2) is 9.97 Å². The Morgan fingerprint density at radius 1 is 0.931 bits per heavy atom. The van der Waals surface area contributed by atoms with E-state index in [1.807, 2.05) is 48.5 Å². The summed E-state index contributed by atoms with van der Waals surface area (Å²) in [6, 6.07) is 19.7. The number of hydrogen-bond donors (Lipinski definition) is 1. The number of benzene rings is 2. The number of pyridine rings is 1. The number of aromatic nitrogens is 3. The summed E-state index contributed by atoms with van der Waals surface area (Å²) in [5, 5.41) is 3.85. The van der Waals surface area contributed by atoms with Gasteiger partial charge in [-0.15, -0.1) is 0 Å². The van der Waals surface area contributed by atoms with E-state index in [-0.39, 0.29) is 11.6 Å². The molecule has 2 heterocycles. The number of fused-ring (bicyclic) bond motifs is 1. The molecule has 0 saturated carbocycles. The average molecular weight is 383 g/mol. The predicted octanol–water partition coefficient (Wildman–Crippen LogP) is 4.30. The molecule has 1 N–H and O–H groups in total. The van der Waals surface area contributed by atoms with Crippen LogP contribution in [0.1, 0.15) is 23.0 Å². The standard InChI is InChI=1S/C23H21N5O/c1-2-28(16-17-8-4-3-5-9-17)21-15-25-20(14-26-21)23(29)27-19-12-6-10-18-11-7-13-24-22(18)19/h3-15H,2,16H2,1H3,(H,27,29). The number of anilines is 2. The first-order chi connectivity index (χ1) is 14.2. The summed E-state index contributed by atoms with van der Waals surface area (Å²) in [6.07, 6.45) is 4.86. The molecule has 4 aromatic rings. The molecule has 0 aliphatic heterocycles. The molecule has 0 unspecified atom stereocenters. The molecule has 0 fully saturated rings. The third-order valence-corrected chi connectivity index (χ3v) is 4.67. The lowest BCUT2D eigenvalue weighted by atomic mass is 10.2. The molecule has 2 aromatic heterocycles. The van der Waals surface area contributed by atoms with Crippen LogP contribution in [-0.2, 0) is 6.54 Å². The third-order valence-electron chi connectivity index (χ3n) is 4.67. The van der Waals surface area contributed by atoms with E-state index < -0.39 is 0 Å². The highest BCUT2D eigenvalue weighted by Crippen LogP contribution is 2.21. The van der Waals surface area contributed by atoms with Crippen LogP contribution in [0.3, 0.4) is 0 Å². The fourth-order valence-electron chi connectivity index (χ4n) is 3.15. The number of nitrogens with one attached hydrogen (secondary N) is 1. The maximum absolute atomic E-state index is 12.6. The van der Waals surface area contributed by atoms with E-state index in [1.54, 1.807) is 12.4 Å². The van der Waals surface area contributed by atoms with Gasteiger partial charge in [-0.3, -0.25) is 9.78 Å². The van der Waals surface area contributed by atoms with Gasteiger partial charge in [-0.1, -0.05) is 48.5 Å². The molecule has 6 nitrogen and oxygen atoms in total. The van der Waals surface area contributed by atoms with Crippen LogP contribution in [0.5, 0.6) is 0 Å². The Morgan fingerprint density at radius 3 is 2.52 bits per heavy atom. The molecule has 0 bridgehead atoms. The third kappa shape index (κ3) is 4.21. The molecule has 0 aliphatic rings. The zero-order valence-electron chi connectivity index (χ0n) is 16.1. The van der Waals surface area contributed by atoms with Crippen LogP contribution in [0, 0.1) is 0 Å². The highest BCUT2D eigenvalue weighted by molar-refractivity contribution is 6.07. The summed E-state index contributed by atoms with van der Waals surface area (Å²) in [7, 11) is 0. The van der Waals surface area contributed by atoms with Crippen molar-refractivity contribution in [1.82, 2.24) is 15.0 Å². The Bertz CT molecular complexity index is 1110. The monoisotopic (exact) mass is 383 g/mol. The summed E-state index contributed by atoms with van der Waals surface area (Å²) >= 11 is 0. The summed E-state index contributed by atoms with van der Waals surface area (Å²) in [5.41, 5.74) is 2.85. The molecule has 0 aliphatic carbocycles. The van der Waals surface area contributed by atoms with Crippen LogP contribution in [0.15, 0.2) is 79.3 Å². The highest BCUT2D eigenvalue weighted by Gasteiger charge is 2.13. The van der Waals surface area contributed by atoms with E-state index in [4.69, 9.17) is 0 Å². The normalized spacial score (nSPS) is 10.7. The summed E-state index contributed by atoms with van der Waals surface area (Å²) < 4.78 is 0. The maximum Gasteiger partial charge on any atom is 0.275 e. The number of amides is 1. The smallest absolute Gasteiger partial charge is 0.275 e. The van der Waals surface area contributed by atoms with Gasteiger partial charge in [0.1, 0.15) is 11.5 Å². The number of nitrogens with zero attached hydrogens (tertiary/aromatic N) is 4. The van der Waals surface area contributed by atoms with Crippen molar-refractivity contribution >= 4 is 28.3 Å². The first-order valence-corrected chi connectivity index (χ1v) is 9.50. The molecule has 144 valence electrons. The lowest BCUT2D eigenvalue weighted by Gasteiger charge is -2.21. The van der Waals surface area contributed by atoms with Crippen molar-refractivity contribution in [2.45, 2.75) is 13.5 Å². The molecule has 1 amide bonds.